The normalized spacial score (nSPS) is 28.1. The van der Waals surface area contributed by atoms with Crippen LogP contribution in [0.5, 0.6) is 0 Å². The molecule has 0 spiro atoms. The van der Waals surface area contributed by atoms with Crippen molar-refractivity contribution in [3.63, 3.8) is 0 Å². The molecule has 6 nitrogen and oxygen atoms in total. The number of nitrogens with one attached hydrogen (secondary N) is 1. The number of likely N-dealkylation sites (tertiary alicyclic amines) is 1. The zero-order valence-electron chi connectivity index (χ0n) is 18.7. The number of aliphatic hydroxyl groups excluding tert-OH is 1. The Morgan fingerprint density at radius 2 is 1.94 bits per heavy atom. The van der Waals surface area contributed by atoms with E-state index in [2.05, 4.69) is 10.3 Å². The Kier molecular flexibility index (Phi) is 5.83. The van der Waals surface area contributed by atoms with Crippen LogP contribution in [0.1, 0.15) is 58.9 Å². The summed E-state index contributed by atoms with van der Waals surface area (Å²) in [6, 6.07) is 3.44. The van der Waals surface area contributed by atoms with E-state index < -0.39 is 42.4 Å². The summed E-state index contributed by atoms with van der Waals surface area (Å²) in [5.41, 5.74) is 0.603. The molecule has 180 valence electrons. The summed E-state index contributed by atoms with van der Waals surface area (Å²) < 4.78 is 42.1. The predicted octanol–water partition coefficient (Wildman–Crippen LogP) is 3.37. The maximum Gasteiger partial charge on any atom is 0.254 e. The SMILES string of the molecule is Cc1cc(F)c([C@H](NC(=O)[C@H]2C[C@H]3C[C@H]3N2C(=O)c2ccnc(CF)c2)C2CC(O)C2)cc1F. The van der Waals surface area contributed by atoms with E-state index in [1.54, 1.807) is 0 Å². The molecule has 1 aliphatic heterocycles. The summed E-state index contributed by atoms with van der Waals surface area (Å²) in [5.74, 6) is -2.04. The number of halogens is 3. The van der Waals surface area contributed by atoms with Crippen molar-refractivity contribution in [1.82, 2.24) is 15.2 Å². The van der Waals surface area contributed by atoms with Gasteiger partial charge in [-0.05, 0) is 74.3 Å². The van der Waals surface area contributed by atoms with Gasteiger partial charge >= 0.3 is 0 Å². The van der Waals surface area contributed by atoms with Gasteiger partial charge in [-0.1, -0.05) is 0 Å². The number of alkyl halides is 1. The molecule has 1 aromatic carbocycles. The van der Waals surface area contributed by atoms with Gasteiger partial charge in [0.2, 0.25) is 5.91 Å². The van der Waals surface area contributed by atoms with Gasteiger partial charge in [0.15, 0.2) is 0 Å². The Morgan fingerprint density at radius 3 is 2.65 bits per heavy atom. The van der Waals surface area contributed by atoms with Gasteiger partial charge in [-0.15, -0.1) is 0 Å². The summed E-state index contributed by atoms with van der Waals surface area (Å²) in [7, 11) is 0. The van der Waals surface area contributed by atoms with Crippen LogP contribution in [0.25, 0.3) is 0 Å². The van der Waals surface area contributed by atoms with Crippen LogP contribution in [-0.4, -0.2) is 45.0 Å². The van der Waals surface area contributed by atoms with Gasteiger partial charge in [0, 0.05) is 23.4 Å². The number of fused-ring (bicyclic) bond motifs is 1. The van der Waals surface area contributed by atoms with Gasteiger partial charge in [0.25, 0.3) is 5.91 Å². The highest BCUT2D eigenvalue weighted by Gasteiger charge is 2.56. The number of benzene rings is 1. The van der Waals surface area contributed by atoms with Gasteiger partial charge in [-0.2, -0.15) is 0 Å². The van der Waals surface area contributed by atoms with Crippen molar-refractivity contribution < 1.29 is 27.9 Å². The number of carbonyl (C=O) groups excluding carboxylic acids is 2. The number of amides is 2. The van der Waals surface area contributed by atoms with E-state index in [0.717, 1.165) is 18.6 Å². The topological polar surface area (TPSA) is 82.5 Å². The van der Waals surface area contributed by atoms with E-state index in [0.29, 0.717) is 19.3 Å². The van der Waals surface area contributed by atoms with Crippen LogP contribution >= 0.6 is 0 Å². The van der Waals surface area contributed by atoms with E-state index in [1.165, 1.54) is 30.2 Å². The molecule has 0 bridgehead atoms. The smallest absolute Gasteiger partial charge is 0.254 e. The zero-order chi connectivity index (χ0) is 24.1. The fourth-order valence-corrected chi connectivity index (χ4v) is 5.32. The fourth-order valence-electron chi connectivity index (χ4n) is 5.32. The first-order chi connectivity index (χ1) is 16.3. The molecule has 2 saturated carbocycles. The lowest BCUT2D eigenvalue weighted by Gasteiger charge is -2.39. The molecule has 4 atom stereocenters. The molecule has 0 radical (unpaired) electrons. The van der Waals surface area contributed by atoms with Crippen molar-refractivity contribution in [3.8, 4) is 0 Å². The first kappa shape index (κ1) is 22.8. The van der Waals surface area contributed by atoms with Crippen molar-refractivity contribution in [1.29, 1.82) is 0 Å². The second-order valence-corrected chi connectivity index (χ2v) is 9.69. The number of carbonyl (C=O) groups is 2. The molecule has 0 unspecified atom stereocenters. The number of hydrogen-bond acceptors (Lipinski definition) is 4. The van der Waals surface area contributed by atoms with Crippen LogP contribution in [0, 0.1) is 30.4 Å². The molecule has 2 N–H and O–H groups in total. The minimum Gasteiger partial charge on any atom is -0.393 e. The lowest BCUT2D eigenvalue weighted by Crippen LogP contribution is -2.51. The van der Waals surface area contributed by atoms with E-state index >= 15 is 0 Å². The number of nitrogens with zero attached hydrogens (tertiary/aromatic N) is 2. The van der Waals surface area contributed by atoms with Crippen molar-refractivity contribution >= 4 is 11.8 Å². The molecular weight excluding hydrogens is 447 g/mol. The average molecular weight is 473 g/mol. The standard InChI is InChI=1S/C25H26F3N3O3/c1-12-4-20(28)18(10-19(12)27)23(15-6-17(32)7-15)30-24(33)22-9-14-8-21(14)31(22)25(34)13-2-3-29-16(5-13)11-26/h2-5,10,14-15,17,21-23,32H,6-9,11H2,1H3,(H,30,33)/t14-,15?,17?,21-,22-,23-/m1/s1. The Balaban J connectivity index is 1.40. The number of pyridine rings is 1. The summed E-state index contributed by atoms with van der Waals surface area (Å²) in [6.45, 7) is 0.662. The number of hydrogen-bond donors (Lipinski definition) is 2. The predicted molar refractivity (Wildman–Crippen MR) is 116 cm³/mol. The van der Waals surface area contributed by atoms with E-state index in [-0.39, 0.29) is 46.2 Å². The third kappa shape index (κ3) is 4.06. The molecule has 1 aromatic heterocycles. The Bertz CT molecular complexity index is 1140. The number of aromatic nitrogens is 1. The number of aliphatic hydroxyl groups is 1. The summed E-state index contributed by atoms with van der Waals surface area (Å²) >= 11 is 0. The summed E-state index contributed by atoms with van der Waals surface area (Å²) in [4.78, 5) is 32.1. The summed E-state index contributed by atoms with van der Waals surface area (Å²) in [6.07, 6.45) is 2.82. The molecule has 9 heteroatoms. The minimum atomic E-state index is -0.820. The van der Waals surface area contributed by atoms with Crippen LogP contribution in [0.2, 0.25) is 0 Å². The Hall–Kier alpha value is -2.94. The van der Waals surface area contributed by atoms with Gasteiger partial charge in [0.1, 0.15) is 24.4 Å². The van der Waals surface area contributed by atoms with Crippen LogP contribution < -0.4 is 5.32 Å². The Labute approximate surface area is 195 Å². The van der Waals surface area contributed by atoms with Gasteiger partial charge in [0.05, 0.1) is 17.8 Å². The van der Waals surface area contributed by atoms with Crippen molar-refractivity contribution in [2.75, 3.05) is 0 Å². The second-order valence-electron chi connectivity index (χ2n) is 9.69. The van der Waals surface area contributed by atoms with Crippen LogP contribution in [0.3, 0.4) is 0 Å². The maximum atomic E-state index is 14.8. The monoisotopic (exact) mass is 473 g/mol. The highest BCUT2D eigenvalue weighted by atomic mass is 19.1. The first-order valence-electron chi connectivity index (χ1n) is 11.5. The van der Waals surface area contributed by atoms with Crippen molar-refractivity contribution in [3.05, 3.63) is 64.5 Å². The molecule has 2 aliphatic carbocycles. The highest BCUT2D eigenvalue weighted by molar-refractivity contribution is 5.98. The molecule has 1 saturated heterocycles. The molecule has 5 rings (SSSR count). The number of rotatable bonds is 6. The van der Waals surface area contributed by atoms with Gasteiger partial charge < -0.3 is 15.3 Å². The van der Waals surface area contributed by atoms with Crippen molar-refractivity contribution in [2.45, 2.75) is 63.5 Å². The Morgan fingerprint density at radius 1 is 1.18 bits per heavy atom. The number of aryl methyl sites for hydroxylation is 1. The second kappa shape index (κ2) is 8.69. The van der Waals surface area contributed by atoms with Gasteiger partial charge in [-0.3, -0.25) is 14.6 Å². The zero-order valence-corrected chi connectivity index (χ0v) is 18.7. The minimum absolute atomic E-state index is 0.0381. The van der Waals surface area contributed by atoms with E-state index in [4.69, 9.17) is 0 Å². The summed E-state index contributed by atoms with van der Waals surface area (Å²) in [5, 5.41) is 12.6. The molecule has 3 aliphatic rings. The molecule has 34 heavy (non-hydrogen) atoms. The third-order valence-corrected chi connectivity index (χ3v) is 7.37. The molecule has 2 amide bonds. The molecule has 3 fully saturated rings. The van der Waals surface area contributed by atoms with Crippen molar-refractivity contribution in [2.24, 2.45) is 11.8 Å². The van der Waals surface area contributed by atoms with Crippen LogP contribution in [0.4, 0.5) is 13.2 Å². The third-order valence-electron chi connectivity index (χ3n) is 7.37. The van der Waals surface area contributed by atoms with Crippen LogP contribution in [0.15, 0.2) is 30.5 Å². The molecule has 2 heterocycles. The number of piperidine rings is 1. The highest BCUT2D eigenvalue weighted by Crippen LogP contribution is 2.49. The van der Waals surface area contributed by atoms with Gasteiger partial charge in [-0.25, -0.2) is 13.2 Å². The quantitative estimate of drug-likeness (QED) is 0.674. The molecular formula is C25H26F3N3O3. The average Bonchev–Trinajstić information content (AvgIpc) is 3.47. The molecule has 2 aromatic rings. The van der Waals surface area contributed by atoms with E-state index in [9.17, 15) is 27.9 Å². The lowest BCUT2D eigenvalue weighted by atomic mass is 9.74. The fraction of sp³-hybridized carbons (Fsp3) is 0.480. The first-order valence-corrected chi connectivity index (χ1v) is 11.5. The lowest BCUT2D eigenvalue weighted by molar-refractivity contribution is -0.127. The van der Waals surface area contributed by atoms with Crippen LogP contribution in [-0.2, 0) is 11.5 Å². The maximum absolute atomic E-state index is 14.8. The van der Waals surface area contributed by atoms with E-state index in [1.807, 2.05) is 0 Å². The largest absolute Gasteiger partial charge is 0.393 e.